The van der Waals surface area contributed by atoms with Crippen molar-refractivity contribution in [3.63, 3.8) is 0 Å². The highest BCUT2D eigenvalue weighted by Gasteiger charge is 2.34. The Morgan fingerprint density at radius 1 is 0.894 bits per heavy atom. The summed E-state index contributed by atoms with van der Waals surface area (Å²) < 4.78 is 46.0. The fraction of sp³-hybridized carbons (Fsp3) is 0.444. The van der Waals surface area contributed by atoms with Crippen LogP contribution < -0.4 is 23.8 Å². The molecule has 0 heterocycles. The first-order valence-electron chi connectivity index (χ1n) is 16.3. The van der Waals surface area contributed by atoms with Crippen molar-refractivity contribution in [2.24, 2.45) is 0 Å². The van der Waals surface area contributed by atoms with E-state index in [0.717, 1.165) is 42.0 Å². The van der Waals surface area contributed by atoms with E-state index >= 15 is 0 Å². The summed E-state index contributed by atoms with van der Waals surface area (Å²) in [7, 11) is -1.40. The Balaban J connectivity index is 1.71. The predicted molar refractivity (Wildman–Crippen MR) is 183 cm³/mol. The van der Waals surface area contributed by atoms with E-state index in [1.165, 1.54) is 37.3 Å². The van der Waals surface area contributed by atoms with Gasteiger partial charge in [0.15, 0.2) is 11.5 Å². The summed E-state index contributed by atoms with van der Waals surface area (Å²) in [6, 6.07) is 19.9. The molecule has 47 heavy (non-hydrogen) atoms. The maximum atomic E-state index is 14.4. The van der Waals surface area contributed by atoms with E-state index < -0.39 is 28.5 Å². The van der Waals surface area contributed by atoms with E-state index in [1.54, 1.807) is 24.3 Å². The standard InChI is InChI=1S/C36H47N3O7S/c1-5-32(36(41)37-28-15-11-8-12-16-28)38(24-23-27-13-9-7-10-14-27)35(40)26-39(29-17-19-30(20-18-29)46-6-2)47(42,43)31-21-22-33(44-3)34(25-31)45-4/h7,9-10,13-14,17-22,25,28,32H,5-6,8,11-12,15-16,23-24,26H2,1-4H3,(H,37,41). The molecule has 1 N–H and O–H groups in total. The lowest BCUT2D eigenvalue weighted by Crippen LogP contribution is -2.54. The number of rotatable bonds is 16. The number of amides is 2. The number of sulfonamides is 1. The predicted octanol–water partition coefficient (Wildman–Crippen LogP) is 5.60. The lowest BCUT2D eigenvalue weighted by Gasteiger charge is -2.34. The quantitative estimate of drug-likeness (QED) is 0.212. The first-order chi connectivity index (χ1) is 22.7. The molecule has 3 aromatic rings. The van der Waals surface area contributed by atoms with Gasteiger partial charge in [0.1, 0.15) is 18.3 Å². The summed E-state index contributed by atoms with van der Waals surface area (Å²) in [5.41, 5.74) is 1.29. The van der Waals surface area contributed by atoms with Crippen molar-refractivity contribution in [3.8, 4) is 17.2 Å². The van der Waals surface area contributed by atoms with Crippen molar-refractivity contribution < 1.29 is 32.2 Å². The molecule has 1 aliphatic carbocycles. The van der Waals surface area contributed by atoms with Crippen molar-refractivity contribution in [3.05, 3.63) is 78.4 Å². The SMILES string of the molecule is CCOc1ccc(N(CC(=O)N(CCc2ccccc2)C(CC)C(=O)NC2CCCCC2)S(=O)(=O)c2ccc(OC)c(OC)c2)cc1. The van der Waals surface area contributed by atoms with Crippen molar-refractivity contribution in [2.45, 2.75) is 75.8 Å². The van der Waals surface area contributed by atoms with Crippen LogP contribution in [0.15, 0.2) is 77.7 Å². The van der Waals surface area contributed by atoms with Crippen LogP contribution in [0.5, 0.6) is 17.2 Å². The van der Waals surface area contributed by atoms with Crippen molar-refractivity contribution in [1.82, 2.24) is 10.2 Å². The molecular formula is C36H47N3O7S. The third-order valence-corrected chi connectivity index (χ3v) is 10.2. The zero-order valence-corrected chi connectivity index (χ0v) is 28.6. The fourth-order valence-electron chi connectivity index (χ4n) is 5.95. The molecule has 0 saturated heterocycles. The van der Waals surface area contributed by atoms with Crippen LogP contribution in [0.25, 0.3) is 0 Å². The van der Waals surface area contributed by atoms with E-state index in [9.17, 15) is 18.0 Å². The molecule has 0 radical (unpaired) electrons. The maximum absolute atomic E-state index is 14.4. The molecule has 254 valence electrons. The van der Waals surface area contributed by atoms with Gasteiger partial charge in [-0.1, -0.05) is 56.5 Å². The monoisotopic (exact) mass is 665 g/mol. The summed E-state index contributed by atoms with van der Waals surface area (Å²) in [5, 5.41) is 3.18. The molecule has 1 atom stereocenters. The second-order valence-corrected chi connectivity index (χ2v) is 13.4. The Morgan fingerprint density at radius 2 is 1.57 bits per heavy atom. The van der Waals surface area contributed by atoms with Crippen molar-refractivity contribution in [1.29, 1.82) is 0 Å². The Hall–Kier alpha value is -4.25. The normalized spacial score (nSPS) is 14.1. The number of nitrogens with zero attached hydrogens (tertiary/aromatic N) is 2. The molecular weight excluding hydrogens is 618 g/mol. The molecule has 11 heteroatoms. The molecule has 0 spiro atoms. The first-order valence-corrected chi connectivity index (χ1v) is 17.8. The van der Waals surface area contributed by atoms with Crippen LogP contribution in [0.1, 0.15) is 57.9 Å². The third-order valence-electron chi connectivity index (χ3n) is 8.48. The molecule has 1 aliphatic rings. The summed E-state index contributed by atoms with van der Waals surface area (Å²) >= 11 is 0. The van der Waals surface area contributed by atoms with Crippen LogP contribution >= 0.6 is 0 Å². The molecule has 1 fully saturated rings. The molecule has 1 saturated carbocycles. The van der Waals surface area contributed by atoms with Crippen molar-refractivity contribution in [2.75, 3.05) is 38.2 Å². The number of nitrogens with one attached hydrogen (secondary N) is 1. The van der Waals surface area contributed by atoms with Gasteiger partial charge in [-0.25, -0.2) is 8.42 Å². The topological polar surface area (TPSA) is 114 Å². The van der Waals surface area contributed by atoms with Crippen LogP contribution in [0.2, 0.25) is 0 Å². The molecule has 2 amide bonds. The van der Waals surface area contributed by atoms with Crippen LogP contribution in [-0.2, 0) is 26.0 Å². The minimum atomic E-state index is -4.30. The Kier molecular flexibility index (Phi) is 12.9. The molecule has 0 bridgehead atoms. The minimum absolute atomic E-state index is 0.0714. The number of anilines is 1. The summed E-state index contributed by atoms with van der Waals surface area (Å²) in [5.74, 6) is 0.486. The van der Waals surface area contributed by atoms with Gasteiger partial charge in [0.05, 0.1) is 31.4 Å². The Bertz CT molecular complexity index is 1560. The molecule has 0 aliphatic heterocycles. The van der Waals surface area contributed by atoms with E-state index in [2.05, 4.69) is 5.32 Å². The van der Waals surface area contributed by atoms with Gasteiger partial charge in [0.2, 0.25) is 11.8 Å². The zero-order chi connectivity index (χ0) is 33.8. The van der Waals surface area contributed by atoms with Gasteiger partial charge in [-0.3, -0.25) is 13.9 Å². The smallest absolute Gasteiger partial charge is 0.264 e. The van der Waals surface area contributed by atoms with Gasteiger partial charge in [-0.2, -0.15) is 0 Å². The van der Waals surface area contributed by atoms with Crippen LogP contribution in [0, 0.1) is 0 Å². The second kappa shape index (κ2) is 17.1. The van der Waals surface area contributed by atoms with E-state index in [1.807, 2.05) is 44.2 Å². The summed E-state index contributed by atoms with van der Waals surface area (Å²) in [6.07, 6.45) is 5.98. The number of hydrogen-bond donors (Lipinski definition) is 1. The third kappa shape index (κ3) is 9.18. The number of benzene rings is 3. The fourth-order valence-corrected chi connectivity index (χ4v) is 7.38. The van der Waals surface area contributed by atoms with Gasteiger partial charge < -0.3 is 24.4 Å². The van der Waals surface area contributed by atoms with Crippen LogP contribution in [0.3, 0.4) is 0 Å². The minimum Gasteiger partial charge on any atom is -0.494 e. The number of hydrogen-bond acceptors (Lipinski definition) is 7. The molecule has 0 aromatic heterocycles. The Labute approximate surface area is 279 Å². The lowest BCUT2D eigenvalue weighted by molar-refractivity contribution is -0.140. The highest BCUT2D eigenvalue weighted by atomic mass is 32.2. The largest absolute Gasteiger partial charge is 0.494 e. The second-order valence-electron chi connectivity index (χ2n) is 11.5. The van der Waals surface area contributed by atoms with Gasteiger partial charge in [0, 0.05) is 18.7 Å². The van der Waals surface area contributed by atoms with Crippen LogP contribution in [0.4, 0.5) is 5.69 Å². The number of carbonyl (C=O) groups is 2. The summed E-state index contributed by atoms with van der Waals surface area (Å²) in [4.78, 5) is 29.6. The summed E-state index contributed by atoms with van der Waals surface area (Å²) in [6.45, 7) is 3.90. The number of methoxy groups -OCH3 is 2. The highest BCUT2D eigenvalue weighted by molar-refractivity contribution is 7.92. The first kappa shape index (κ1) is 35.6. The Morgan fingerprint density at radius 3 is 2.19 bits per heavy atom. The number of carbonyl (C=O) groups excluding carboxylic acids is 2. The average molecular weight is 666 g/mol. The van der Waals surface area contributed by atoms with Gasteiger partial charge >= 0.3 is 0 Å². The number of ether oxygens (including phenoxy) is 3. The van der Waals surface area contributed by atoms with Gasteiger partial charge in [0.25, 0.3) is 10.0 Å². The molecule has 4 rings (SSSR count). The van der Waals surface area contributed by atoms with Crippen molar-refractivity contribution >= 4 is 27.5 Å². The van der Waals surface area contributed by atoms with E-state index in [-0.39, 0.29) is 34.8 Å². The highest BCUT2D eigenvalue weighted by Crippen LogP contribution is 2.33. The molecule has 10 nitrogen and oxygen atoms in total. The van der Waals surface area contributed by atoms with E-state index in [0.29, 0.717) is 30.9 Å². The zero-order valence-electron chi connectivity index (χ0n) is 27.8. The molecule has 1 unspecified atom stereocenters. The average Bonchev–Trinajstić information content (AvgIpc) is 3.09. The molecule has 3 aromatic carbocycles. The van der Waals surface area contributed by atoms with E-state index in [4.69, 9.17) is 14.2 Å². The maximum Gasteiger partial charge on any atom is 0.264 e. The lowest BCUT2D eigenvalue weighted by atomic mass is 9.95. The van der Waals surface area contributed by atoms with Gasteiger partial charge in [-0.15, -0.1) is 0 Å². The van der Waals surface area contributed by atoms with Gasteiger partial charge in [-0.05, 0) is 74.6 Å². The van der Waals surface area contributed by atoms with Crippen LogP contribution in [-0.4, -0.2) is 71.1 Å².